The van der Waals surface area contributed by atoms with Crippen LogP contribution in [0.25, 0.3) is 0 Å². The van der Waals surface area contributed by atoms with Crippen molar-refractivity contribution in [3.63, 3.8) is 0 Å². The van der Waals surface area contributed by atoms with E-state index in [-0.39, 0.29) is 0 Å². The molecule has 0 radical (unpaired) electrons. The number of nitriles is 1. The molecule has 2 aromatic rings. The number of aryl methyl sites for hydroxylation is 1. The molecule has 0 aliphatic rings. The molecule has 0 saturated carbocycles. The lowest BCUT2D eigenvalue weighted by Gasteiger charge is -2.09. The number of hydrogen-bond acceptors (Lipinski definition) is 3. The summed E-state index contributed by atoms with van der Waals surface area (Å²) in [7, 11) is 0. The molecule has 0 aliphatic heterocycles. The molecule has 0 bridgehead atoms. The second kappa shape index (κ2) is 4.98. The van der Waals surface area contributed by atoms with E-state index in [1.807, 2.05) is 25.1 Å². The zero-order valence-electron chi connectivity index (χ0n) is 9.24. The van der Waals surface area contributed by atoms with Gasteiger partial charge in [-0.05, 0) is 42.8 Å². The summed E-state index contributed by atoms with van der Waals surface area (Å²) in [6.45, 7) is 2.02. The van der Waals surface area contributed by atoms with Gasteiger partial charge in [-0.3, -0.25) is 0 Å². The van der Waals surface area contributed by atoms with Gasteiger partial charge in [0, 0.05) is 16.4 Å². The van der Waals surface area contributed by atoms with Crippen LogP contribution in [0.2, 0.25) is 0 Å². The summed E-state index contributed by atoms with van der Waals surface area (Å²) in [5.41, 5.74) is 2.69. The SMILES string of the molecule is Cc1cc(Br)ccc1Nc1cc(C#N)ccn1. The lowest BCUT2D eigenvalue weighted by molar-refractivity contribution is 1.28. The lowest BCUT2D eigenvalue weighted by atomic mass is 10.2. The Balaban J connectivity index is 2.28. The van der Waals surface area contributed by atoms with Gasteiger partial charge in [-0.2, -0.15) is 5.26 Å². The van der Waals surface area contributed by atoms with Crippen molar-refractivity contribution in [1.82, 2.24) is 4.98 Å². The average Bonchev–Trinajstić information content (AvgIpc) is 2.33. The van der Waals surface area contributed by atoms with E-state index in [0.717, 1.165) is 15.7 Å². The standard InChI is InChI=1S/C13H10BrN3/c1-9-6-11(14)2-3-12(9)17-13-7-10(8-15)4-5-16-13/h2-7H,1H3,(H,16,17). The molecular weight excluding hydrogens is 278 g/mol. The molecule has 1 heterocycles. The minimum atomic E-state index is 0.595. The summed E-state index contributed by atoms with van der Waals surface area (Å²) in [6.07, 6.45) is 1.62. The molecule has 0 atom stereocenters. The molecular formula is C13H10BrN3. The van der Waals surface area contributed by atoms with Crippen molar-refractivity contribution in [2.45, 2.75) is 6.92 Å². The molecule has 0 fully saturated rings. The van der Waals surface area contributed by atoms with Gasteiger partial charge in [0.25, 0.3) is 0 Å². The van der Waals surface area contributed by atoms with Crippen LogP contribution in [0.15, 0.2) is 41.0 Å². The van der Waals surface area contributed by atoms with Gasteiger partial charge in [0.1, 0.15) is 5.82 Å². The maximum absolute atomic E-state index is 8.81. The summed E-state index contributed by atoms with van der Waals surface area (Å²) in [5.74, 6) is 0.675. The van der Waals surface area contributed by atoms with Crippen molar-refractivity contribution in [2.24, 2.45) is 0 Å². The molecule has 3 nitrogen and oxygen atoms in total. The first kappa shape index (κ1) is 11.6. The highest BCUT2D eigenvalue weighted by atomic mass is 79.9. The van der Waals surface area contributed by atoms with Crippen LogP contribution < -0.4 is 5.32 Å². The predicted octanol–water partition coefficient (Wildman–Crippen LogP) is 3.77. The third-order valence-corrected chi connectivity index (χ3v) is 2.83. The van der Waals surface area contributed by atoms with E-state index in [2.05, 4.69) is 32.3 Å². The first-order chi connectivity index (χ1) is 8.19. The zero-order chi connectivity index (χ0) is 12.3. The number of pyridine rings is 1. The Morgan fingerprint density at radius 2 is 2.12 bits per heavy atom. The number of nitrogens with zero attached hydrogens (tertiary/aromatic N) is 2. The topological polar surface area (TPSA) is 48.7 Å². The van der Waals surface area contributed by atoms with Crippen molar-refractivity contribution < 1.29 is 0 Å². The van der Waals surface area contributed by atoms with Crippen molar-refractivity contribution >= 4 is 27.4 Å². The Hall–Kier alpha value is -1.86. The molecule has 17 heavy (non-hydrogen) atoms. The summed E-state index contributed by atoms with van der Waals surface area (Å²) < 4.78 is 1.04. The van der Waals surface area contributed by atoms with Crippen LogP contribution in [0.1, 0.15) is 11.1 Å². The molecule has 2 rings (SSSR count). The fourth-order valence-corrected chi connectivity index (χ4v) is 1.95. The summed E-state index contributed by atoms with van der Waals surface area (Å²) in [6, 6.07) is 11.5. The molecule has 0 spiro atoms. The monoisotopic (exact) mass is 287 g/mol. The van der Waals surface area contributed by atoms with Crippen LogP contribution in [0.4, 0.5) is 11.5 Å². The molecule has 0 unspecified atom stereocenters. The number of aromatic nitrogens is 1. The number of rotatable bonds is 2. The highest BCUT2D eigenvalue weighted by Crippen LogP contribution is 2.23. The molecule has 1 aromatic carbocycles. The predicted molar refractivity (Wildman–Crippen MR) is 71.1 cm³/mol. The third-order valence-electron chi connectivity index (χ3n) is 2.34. The van der Waals surface area contributed by atoms with Gasteiger partial charge in [-0.25, -0.2) is 4.98 Å². The van der Waals surface area contributed by atoms with Gasteiger partial charge < -0.3 is 5.32 Å². The van der Waals surface area contributed by atoms with Crippen molar-refractivity contribution in [2.75, 3.05) is 5.32 Å². The molecule has 84 valence electrons. The van der Waals surface area contributed by atoms with Gasteiger partial charge in [0.15, 0.2) is 0 Å². The lowest BCUT2D eigenvalue weighted by Crippen LogP contribution is -1.95. The van der Waals surface area contributed by atoms with E-state index < -0.39 is 0 Å². The minimum Gasteiger partial charge on any atom is -0.340 e. The van der Waals surface area contributed by atoms with E-state index in [0.29, 0.717) is 11.4 Å². The van der Waals surface area contributed by atoms with Gasteiger partial charge in [0.2, 0.25) is 0 Å². The summed E-state index contributed by atoms with van der Waals surface area (Å²) in [4.78, 5) is 4.17. The molecule has 0 saturated heterocycles. The zero-order valence-corrected chi connectivity index (χ0v) is 10.8. The maximum atomic E-state index is 8.81. The van der Waals surface area contributed by atoms with Crippen molar-refractivity contribution in [3.05, 3.63) is 52.1 Å². The summed E-state index contributed by atoms with van der Waals surface area (Å²) >= 11 is 3.42. The van der Waals surface area contributed by atoms with E-state index >= 15 is 0 Å². The Morgan fingerprint density at radius 3 is 2.82 bits per heavy atom. The smallest absolute Gasteiger partial charge is 0.131 e. The Labute approximate surface area is 108 Å². The first-order valence-electron chi connectivity index (χ1n) is 5.08. The van der Waals surface area contributed by atoms with Gasteiger partial charge in [-0.15, -0.1) is 0 Å². The fraction of sp³-hybridized carbons (Fsp3) is 0.0769. The number of benzene rings is 1. The maximum Gasteiger partial charge on any atom is 0.131 e. The minimum absolute atomic E-state index is 0.595. The Bertz CT molecular complexity index is 587. The highest BCUT2D eigenvalue weighted by molar-refractivity contribution is 9.10. The molecule has 1 N–H and O–H groups in total. The Morgan fingerprint density at radius 1 is 1.29 bits per heavy atom. The van der Waals surface area contributed by atoms with E-state index in [4.69, 9.17) is 5.26 Å². The van der Waals surface area contributed by atoms with Crippen LogP contribution in [-0.4, -0.2) is 4.98 Å². The number of nitrogens with one attached hydrogen (secondary N) is 1. The van der Waals surface area contributed by atoms with Gasteiger partial charge >= 0.3 is 0 Å². The van der Waals surface area contributed by atoms with E-state index in [1.54, 1.807) is 18.3 Å². The second-order valence-corrected chi connectivity index (χ2v) is 4.54. The van der Waals surface area contributed by atoms with Crippen LogP contribution >= 0.6 is 15.9 Å². The van der Waals surface area contributed by atoms with Gasteiger partial charge in [-0.1, -0.05) is 15.9 Å². The van der Waals surface area contributed by atoms with Crippen LogP contribution in [0, 0.1) is 18.3 Å². The average molecular weight is 288 g/mol. The summed E-state index contributed by atoms with van der Waals surface area (Å²) in [5, 5.41) is 12.0. The fourth-order valence-electron chi connectivity index (χ4n) is 1.47. The van der Waals surface area contributed by atoms with Crippen LogP contribution in [-0.2, 0) is 0 Å². The molecule has 1 aromatic heterocycles. The quantitative estimate of drug-likeness (QED) is 0.915. The van der Waals surface area contributed by atoms with Crippen molar-refractivity contribution in [1.29, 1.82) is 5.26 Å². The number of hydrogen-bond donors (Lipinski definition) is 1. The Kier molecular flexibility index (Phi) is 3.40. The molecule has 0 amide bonds. The van der Waals surface area contributed by atoms with Crippen LogP contribution in [0.3, 0.4) is 0 Å². The second-order valence-electron chi connectivity index (χ2n) is 3.63. The normalized spacial score (nSPS) is 9.71. The highest BCUT2D eigenvalue weighted by Gasteiger charge is 2.01. The van der Waals surface area contributed by atoms with Crippen LogP contribution in [0.5, 0.6) is 0 Å². The van der Waals surface area contributed by atoms with Gasteiger partial charge in [0.05, 0.1) is 11.6 Å². The van der Waals surface area contributed by atoms with Crippen molar-refractivity contribution in [3.8, 4) is 6.07 Å². The number of anilines is 2. The van der Waals surface area contributed by atoms with E-state index in [1.165, 1.54) is 0 Å². The van der Waals surface area contributed by atoms with E-state index in [9.17, 15) is 0 Å². The first-order valence-corrected chi connectivity index (χ1v) is 5.87. The third kappa shape index (κ3) is 2.83. The largest absolute Gasteiger partial charge is 0.340 e. The molecule has 0 aliphatic carbocycles. The molecule has 4 heteroatoms. The number of halogens is 1.